The van der Waals surface area contributed by atoms with Gasteiger partial charge in [0.1, 0.15) is 0 Å². The summed E-state index contributed by atoms with van der Waals surface area (Å²) in [6, 6.07) is 0. The second-order valence-corrected chi connectivity index (χ2v) is 12.7. The standard InChI is InChI=1S/C14H26.C13H24/c1-11(2)13-5-8-14(9-6-13,10-7-13)12(3)4;1-10(2)12-5-7-13(9-12,8-6-12)11(3)4/h11-12H,5-10H2,1-4H3;10-11H,5-9H2,1-4H3. The zero-order valence-corrected chi connectivity index (χ0v) is 20.1. The van der Waals surface area contributed by atoms with Gasteiger partial charge in [-0.05, 0) is 116 Å². The lowest BCUT2D eigenvalue weighted by Gasteiger charge is -2.57. The van der Waals surface area contributed by atoms with E-state index in [1.807, 2.05) is 0 Å². The van der Waals surface area contributed by atoms with Crippen LogP contribution in [0, 0.1) is 45.3 Å². The van der Waals surface area contributed by atoms with Crippen molar-refractivity contribution in [3.63, 3.8) is 0 Å². The molecule has 0 N–H and O–H groups in total. The second-order valence-electron chi connectivity index (χ2n) is 12.7. The Balaban J connectivity index is 0.000000156. The van der Waals surface area contributed by atoms with Crippen molar-refractivity contribution >= 4 is 0 Å². The van der Waals surface area contributed by atoms with E-state index in [1.54, 1.807) is 0 Å². The van der Waals surface area contributed by atoms with E-state index in [1.165, 1.54) is 70.6 Å². The van der Waals surface area contributed by atoms with Crippen LogP contribution in [0.15, 0.2) is 0 Å². The number of hydrogen-bond donors (Lipinski definition) is 0. The topological polar surface area (TPSA) is 0 Å². The molecule has 0 amide bonds. The van der Waals surface area contributed by atoms with Crippen LogP contribution in [-0.2, 0) is 0 Å². The van der Waals surface area contributed by atoms with Gasteiger partial charge in [0.2, 0.25) is 0 Å². The lowest BCUT2D eigenvalue weighted by atomic mass is 9.48. The van der Waals surface area contributed by atoms with E-state index in [-0.39, 0.29) is 0 Å². The third-order valence-corrected chi connectivity index (χ3v) is 11.2. The van der Waals surface area contributed by atoms with Crippen LogP contribution in [0.5, 0.6) is 0 Å². The molecule has 5 fully saturated rings. The highest BCUT2D eigenvalue weighted by Gasteiger charge is 2.56. The van der Waals surface area contributed by atoms with Crippen LogP contribution >= 0.6 is 0 Å². The number of rotatable bonds is 4. The third kappa shape index (κ3) is 3.54. The largest absolute Gasteiger partial charge is 0.0622 e. The Kier molecular flexibility index (Phi) is 5.91. The Morgan fingerprint density at radius 2 is 0.519 bits per heavy atom. The Hall–Kier alpha value is 0. The molecule has 0 spiro atoms. The van der Waals surface area contributed by atoms with E-state index in [9.17, 15) is 0 Å². The van der Waals surface area contributed by atoms with Gasteiger partial charge in [-0.2, -0.15) is 0 Å². The van der Waals surface area contributed by atoms with E-state index in [0.29, 0.717) is 0 Å². The van der Waals surface area contributed by atoms with Crippen LogP contribution in [-0.4, -0.2) is 0 Å². The summed E-state index contributed by atoms with van der Waals surface area (Å²) < 4.78 is 0. The molecule has 0 nitrogen and oxygen atoms in total. The van der Waals surface area contributed by atoms with Gasteiger partial charge in [0.05, 0.1) is 0 Å². The summed E-state index contributed by atoms with van der Waals surface area (Å²) in [4.78, 5) is 0. The molecule has 0 radical (unpaired) electrons. The molecule has 0 saturated heterocycles. The zero-order chi connectivity index (χ0) is 20.1. The van der Waals surface area contributed by atoms with Crippen molar-refractivity contribution in [2.45, 2.75) is 126 Å². The Labute approximate surface area is 171 Å². The van der Waals surface area contributed by atoms with Crippen LogP contribution in [0.2, 0.25) is 0 Å². The van der Waals surface area contributed by atoms with E-state index < -0.39 is 0 Å². The molecule has 5 aliphatic carbocycles. The maximum Gasteiger partial charge on any atom is -0.0269 e. The van der Waals surface area contributed by atoms with Crippen molar-refractivity contribution in [3.05, 3.63) is 0 Å². The Bertz CT molecular complexity index is 428. The van der Waals surface area contributed by atoms with Crippen LogP contribution in [0.4, 0.5) is 0 Å². The van der Waals surface area contributed by atoms with E-state index in [0.717, 1.165) is 45.3 Å². The summed E-state index contributed by atoms with van der Waals surface area (Å²) in [6.45, 7) is 19.5. The van der Waals surface area contributed by atoms with E-state index in [2.05, 4.69) is 55.4 Å². The molecule has 0 atom stereocenters. The molecule has 5 rings (SSSR count). The minimum atomic E-state index is 0.747. The van der Waals surface area contributed by atoms with Gasteiger partial charge >= 0.3 is 0 Å². The lowest BCUT2D eigenvalue weighted by molar-refractivity contribution is -0.0623. The van der Waals surface area contributed by atoms with Gasteiger partial charge < -0.3 is 0 Å². The monoisotopic (exact) mass is 374 g/mol. The molecular weight excluding hydrogens is 324 g/mol. The fourth-order valence-electron chi connectivity index (χ4n) is 7.84. The smallest absolute Gasteiger partial charge is 0.0269 e. The second kappa shape index (κ2) is 7.36. The highest BCUT2D eigenvalue weighted by atomic mass is 14.6. The molecule has 158 valence electrons. The molecule has 0 aromatic heterocycles. The maximum atomic E-state index is 2.44. The van der Waals surface area contributed by atoms with Gasteiger partial charge in [-0.1, -0.05) is 55.4 Å². The average molecular weight is 375 g/mol. The molecule has 0 aromatic carbocycles. The van der Waals surface area contributed by atoms with E-state index in [4.69, 9.17) is 0 Å². The normalized spacial score (nSPS) is 43.1. The van der Waals surface area contributed by atoms with Gasteiger partial charge in [0, 0.05) is 0 Å². The highest BCUT2D eigenvalue weighted by Crippen LogP contribution is 2.67. The van der Waals surface area contributed by atoms with Crippen molar-refractivity contribution in [2.75, 3.05) is 0 Å². The summed E-state index contributed by atoms with van der Waals surface area (Å²) in [6.07, 6.45) is 16.7. The van der Waals surface area contributed by atoms with E-state index >= 15 is 0 Å². The number of hydrogen-bond acceptors (Lipinski definition) is 0. The lowest BCUT2D eigenvalue weighted by Crippen LogP contribution is -2.46. The molecule has 0 aromatic rings. The molecule has 0 aliphatic heterocycles. The van der Waals surface area contributed by atoms with Crippen molar-refractivity contribution in [2.24, 2.45) is 45.3 Å². The first-order chi connectivity index (χ1) is 12.5. The van der Waals surface area contributed by atoms with Crippen molar-refractivity contribution < 1.29 is 0 Å². The Morgan fingerprint density at radius 3 is 0.667 bits per heavy atom. The Morgan fingerprint density at radius 1 is 0.333 bits per heavy atom. The van der Waals surface area contributed by atoms with Crippen LogP contribution in [0.1, 0.15) is 126 Å². The van der Waals surface area contributed by atoms with Gasteiger partial charge in [-0.3, -0.25) is 0 Å². The van der Waals surface area contributed by atoms with Gasteiger partial charge in [-0.25, -0.2) is 0 Å². The highest BCUT2D eigenvalue weighted by molar-refractivity contribution is 5.06. The molecular formula is C27H50. The predicted molar refractivity (Wildman–Crippen MR) is 120 cm³/mol. The summed E-state index contributed by atoms with van der Waals surface area (Å²) in [7, 11) is 0. The fraction of sp³-hybridized carbons (Fsp3) is 1.00. The maximum absolute atomic E-state index is 2.44. The molecule has 5 aliphatic rings. The first-order valence-corrected chi connectivity index (χ1v) is 12.5. The minimum absolute atomic E-state index is 0.747. The summed E-state index contributed by atoms with van der Waals surface area (Å²) in [5.74, 6) is 3.65. The van der Waals surface area contributed by atoms with Gasteiger partial charge in [-0.15, -0.1) is 0 Å². The van der Waals surface area contributed by atoms with Crippen molar-refractivity contribution in [1.82, 2.24) is 0 Å². The minimum Gasteiger partial charge on any atom is -0.0622 e. The summed E-state index contributed by atoms with van der Waals surface area (Å²) >= 11 is 0. The van der Waals surface area contributed by atoms with Gasteiger partial charge in [0.25, 0.3) is 0 Å². The molecule has 5 saturated carbocycles. The number of fused-ring (bicyclic) bond motifs is 5. The van der Waals surface area contributed by atoms with Gasteiger partial charge in [0.15, 0.2) is 0 Å². The van der Waals surface area contributed by atoms with Crippen LogP contribution < -0.4 is 0 Å². The molecule has 4 bridgehead atoms. The van der Waals surface area contributed by atoms with Crippen LogP contribution in [0.25, 0.3) is 0 Å². The first kappa shape index (κ1) is 21.7. The average Bonchev–Trinajstić information content (AvgIpc) is 3.23. The molecule has 0 heterocycles. The zero-order valence-electron chi connectivity index (χ0n) is 20.1. The van der Waals surface area contributed by atoms with Crippen molar-refractivity contribution in [1.29, 1.82) is 0 Å². The molecule has 0 unspecified atom stereocenters. The summed E-state index contributed by atoms with van der Waals surface area (Å²) in [5.41, 5.74) is 3.00. The molecule has 27 heavy (non-hydrogen) atoms. The first-order valence-electron chi connectivity index (χ1n) is 12.5. The SMILES string of the molecule is CC(C)C12CCC(C(C)C)(CC1)C2.CC(C)C12CCC(C(C)C)(CC1)CC2. The quantitative estimate of drug-likeness (QED) is 0.461. The summed E-state index contributed by atoms with van der Waals surface area (Å²) in [5, 5.41) is 0. The predicted octanol–water partition coefficient (Wildman–Crippen LogP) is 8.89. The van der Waals surface area contributed by atoms with Crippen molar-refractivity contribution in [3.8, 4) is 0 Å². The van der Waals surface area contributed by atoms with Crippen LogP contribution in [0.3, 0.4) is 0 Å². The molecule has 0 heteroatoms. The fourth-order valence-corrected chi connectivity index (χ4v) is 7.84. The third-order valence-electron chi connectivity index (χ3n) is 11.2.